The number of rotatable bonds is 7. The zero-order valence-corrected chi connectivity index (χ0v) is 18.4. The summed E-state index contributed by atoms with van der Waals surface area (Å²) in [7, 11) is 0. The Hall–Kier alpha value is -3.95. The van der Waals surface area contributed by atoms with E-state index in [2.05, 4.69) is 11.4 Å². The highest BCUT2D eigenvalue weighted by Crippen LogP contribution is 2.32. The van der Waals surface area contributed by atoms with Gasteiger partial charge in [0.05, 0.1) is 23.1 Å². The van der Waals surface area contributed by atoms with Gasteiger partial charge < -0.3 is 5.32 Å². The Balaban J connectivity index is 1.34. The number of fused-ring (bicyclic) bond motifs is 1. The fourth-order valence-electron chi connectivity index (χ4n) is 3.87. The Morgan fingerprint density at radius 3 is 2.21 bits per heavy atom. The lowest BCUT2D eigenvalue weighted by Gasteiger charge is -2.15. The third-order valence-corrected chi connectivity index (χ3v) is 5.85. The van der Waals surface area contributed by atoms with Gasteiger partial charge in [-0.15, -0.1) is 0 Å². The first kappa shape index (κ1) is 22.3. The fourth-order valence-corrected chi connectivity index (χ4v) is 4.16. The molecule has 0 bridgehead atoms. The number of carbonyl (C=O) groups is 3. The van der Waals surface area contributed by atoms with E-state index >= 15 is 0 Å². The molecule has 4 rings (SSSR count). The van der Waals surface area contributed by atoms with Crippen LogP contribution in [0.25, 0.3) is 0 Å². The van der Waals surface area contributed by atoms with Crippen LogP contribution >= 0.6 is 11.6 Å². The average molecular weight is 458 g/mol. The minimum Gasteiger partial charge on any atom is -0.326 e. The smallest absolute Gasteiger partial charge is 0.261 e. The Kier molecular flexibility index (Phi) is 6.53. The summed E-state index contributed by atoms with van der Waals surface area (Å²) in [6, 6.07) is 23.4. The van der Waals surface area contributed by atoms with Gasteiger partial charge in [-0.1, -0.05) is 60.1 Å². The predicted octanol–water partition coefficient (Wildman–Crippen LogP) is 5.01. The predicted molar refractivity (Wildman–Crippen MR) is 125 cm³/mol. The van der Waals surface area contributed by atoms with Crippen molar-refractivity contribution in [2.24, 2.45) is 0 Å². The lowest BCUT2D eigenvalue weighted by Crippen LogP contribution is -2.31. The highest BCUT2D eigenvalue weighted by molar-refractivity contribution is 6.31. The van der Waals surface area contributed by atoms with Gasteiger partial charge in [0.1, 0.15) is 0 Å². The molecular formula is C26H20ClN3O3. The standard InChI is InChI=1S/C26H20ClN3O3/c27-23-15-18(12-13-19(23)22(16-28)17-7-2-1-3-8-17)29-24(31)11-6-14-30-25(32)20-9-4-5-10-21(20)26(30)33/h1-5,7-10,12-13,15,22H,6,11,14H2,(H,29,31). The highest BCUT2D eigenvalue weighted by Gasteiger charge is 2.34. The number of nitrogens with zero attached hydrogens (tertiary/aromatic N) is 2. The lowest BCUT2D eigenvalue weighted by atomic mass is 9.92. The second-order valence-electron chi connectivity index (χ2n) is 7.67. The monoisotopic (exact) mass is 457 g/mol. The van der Waals surface area contributed by atoms with E-state index in [1.165, 1.54) is 4.90 Å². The van der Waals surface area contributed by atoms with Crippen molar-refractivity contribution in [3.8, 4) is 6.07 Å². The molecule has 0 saturated heterocycles. The van der Waals surface area contributed by atoms with Gasteiger partial charge in [-0.3, -0.25) is 19.3 Å². The second kappa shape index (κ2) is 9.68. The molecule has 1 atom stereocenters. The van der Waals surface area contributed by atoms with Crippen molar-refractivity contribution in [3.63, 3.8) is 0 Å². The van der Waals surface area contributed by atoms with Gasteiger partial charge in [0, 0.05) is 23.7 Å². The minimum absolute atomic E-state index is 0.137. The van der Waals surface area contributed by atoms with E-state index < -0.39 is 5.92 Å². The van der Waals surface area contributed by atoms with Crippen molar-refractivity contribution >= 4 is 35.0 Å². The summed E-state index contributed by atoms with van der Waals surface area (Å²) < 4.78 is 0. The Labute approximate surface area is 196 Å². The number of anilines is 1. The van der Waals surface area contributed by atoms with Crippen LogP contribution in [0.15, 0.2) is 72.8 Å². The van der Waals surface area contributed by atoms with E-state index in [4.69, 9.17) is 11.6 Å². The number of nitriles is 1. The van der Waals surface area contributed by atoms with Gasteiger partial charge in [0.25, 0.3) is 11.8 Å². The van der Waals surface area contributed by atoms with Gasteiger partial charge in [-0.25, -0.2) is 0 Å². The van der Waals surface area contributed by atoms with Crippen molar-refractivity contribution in [2.45, 2.75) is 18.8 Å². The van der Waals surface area contributed by atoms with Gasteiger partial charge >= 0.3 is 0 Å². The summed E-state index contributed by atoms with van der Waals surface area (Å²) in [6.45, 7) is 0.167. The number of hydrogen-bond acceptors (Lipinski definition) is 4. The molecule has 164 valence electrons. The van der Waals surface area contributed by atoms with Crippen LogP contribution in [-0.4, -0.2) is 29.2 Å². The van der Waals surface area contributed by atoms with Crippen LogP contribution in [0.4, 0.5) is 5.69 Å². The molecule has 0 aromatic heterocycles. The summed E-state index contributed by atoms with van der Waals surface area (Å²) >= 11 is 6.42. The van der Waals surface area contributed by atoms with Crippen LogP contribution in [0, 0.1) is 11.3 Å². The zero-order valence-electron chi connectivity index (χ0n) is 17.6. The fraction of sp³-hybridized carbons (Fsp3) is 0.154. The lowest BCUT2D eigenvalue weighted by molar-refractivity contribution is -0.116. The number of nitrogens with one attached hydrogen (secondary N) is 1. The molecular weight excluding hydrogens is 438 g/mol. The van der Waals surface area contributed by atoms with Gasteiger partial charge in [0.2, 0.25) is 5.91 Å². The largest absolute Gasteiger partial charge is 0.326 e. The van der Waals surface area contributed by atoms with Crippen molar-refractivity contribution in [1.29, 1.82) is 5.26 Å². The molecule has 3 aromatic rings. The summed E-state index contributed by atoms with van der Waals surface area (Å²) in [5, 5.41) is 12.8. The van der Waals surface area contributed by atoms with Crippen LogP contribution in [0.3, 0.4) is 0 Å². The molecule has 0 aliphatic carbocycles. The first-order valence-corrected chi connectivity index (χ1v) is 10.9. The molecule has 0 fully saturated rings. The molecule has 7 heteroatoms. The van der Waals surface area contributed by atoms with Crippen LogP contribution in [0.1, 0.15) is 50.6 Å². The van der Waals surface area contributed by atoms with Crippen molar-refractivity contribution < 1.29 is 14.4 Å². The maximum atomic E-state index is 12.4. The Bertz CT molecular complexity index is 1230. The molecule has 3 aromatic carbocycles. The summed E-state index contributed by atoms with van der Waals surface area (Å²) in [5.74, 6) is -1.42. The van der Waals surface area contributed by atoms with E-state index in [0.29, 0.717) is 33.8 Å². The van der Waals surface area contributed by atoms with Crippen LogP contribution in [0.2, 0.25) is 5.02 Å². The maximum Gasteiger partial charge on any atom is 0.261 e. The Morgan fingerprint density at radius 2 is 1.61 bits per heavy atom. The van der Waals surface area contributed by atoms with E-state index in [1.54, 1.807) is 42.5 Å². The summed E-state index contributed by atoms with van der Waals surface area (Å²) in [4.78, 5) is 38.3. The summed E-state index contributed by atoms with van der Waals surface area (Å²) in [5.41, 5.74) is 2.81. The van der Waals surface area contributed by atoms with Gasteiger partial charge in [-0.05, 0) is 41.8 Å². The molecule has 1 N–H and O–H groups in total. The molecule has 33 heavy (non-hydrogen) atoms. The number of benzene rings is 3. The molecule has 3 amide bonds. The maximum absolute atomic E-state index is 12.4. The first-order chi connectivity index (χ1) is 16.0. The third kappa shape index (κ3) is 4.64. The molecule has 1 aliphatic heterocycles. The van der Waals surface area contributed by atoms with Crippen LogP contribution in [-0.2, 0) is 4.79 Å². The quantitative estimate of drug-likeness (QED) is 0.505. The number of amides is 3. The topological polar surface area (TPSA) is 90.3 Å². The van der Waals surface area contributed by atoms with Crippen molar-refractivity contribution in [2.75, 3.05) is 11.9 Å². The number of imide groups is 1. The molecule has 1 heterocycles. The molecule has 1 aliphatic rings. The normalized spacial score (nSPS) is 13.4. The third-order valence-electron chi connectivity index (χ3n) is 5.52. The van der Waals surface area contributed by atoms with Crippen LogP contribution < -0.4 is 5.32 Å². The molecule has 0 radical (unpaired) electrons. The Morgan fingerprint density at radius 1 is 0.970 bits per heavy atom. The number of hydrogen-bond donors (Lipinski definition) is 1. The molecule has 1 unspecified atom stereocenters. The highest BCUT2D eigenvalue weighted by atomic mass is 35.5. The van der Waals surface area contributed by atoms with Crippen molar-refractivity contribution in [3.05, 3.63) is 100 Å². The van der Waals surface area contributed by atoms with Gasteiger partial charge in [-0.2, -0.15) is 5.26 Å². The van der Waals surface area contributed by atoms with Gasteiger partial charge in [0.15, 0.2) is 0 Å². The van der Waals surface area contributed by atoms with Crippen LogP contribution in [0.5, 0.6) is 0 Å². The van der Waals surface area contributed by atoms with Crippen molar-refractivity contribution in [1.82, 2.24) is 4.90 Å². The zero-order chi connectivity index (χ0) is 23.4. The molecule has 6 nitrogen and oxygen atoms in total. The second-order valence-corrected chi connectivity index (χ2v) is 8.08. The first-order valence-electron chi connectivity index (χ1n) is 10.5. The molecule has 0 saturated carbocycles. The van der Waals surface area contributed by atoms with E-state index in [1.807, 2.05) is 30.3 Å². The summed E-state index contributed by atoms with van der Waals surface area (Å²) in [6.07, 6.45) is 0.477. The van der Waals surface area contributed by atoms with E-state index in [-0.39, 0.29) is 30.7 Å². The SMILES string of the molecule is N#CC(c1ccccc1)c1ccc(NC(=O)CCCN2C(=O)c3ccccc3C2=O)cc1Cl. The average Bonchev–Trinajstić information content (AvgIpc) is 3.06. The van der Waals surface area contributed by atoms with E-state index in [9.17, 15) is 19.6 Å². The number of carbonyl (C=O) groups excluding carboxylic acids is 3. The minimum atomic E-state index is -0.511. The van der Waals surface area contributed by atoms with E-state index in [0.717, 1.165) is 5.56 Å². The number of halogens is 1. The molecule has 0 spiro atoms.